The fourth-order valence-corrected chi connectivity index (χ4v) is 5.24. The van der Waals surface area contributed by atoms with Crippen LogP contribution < -0.4 is 4.74 Å². The Morgan fingerprint density at radius 3 is 1.58 bits per heavy atom. The highest BCUT2D eigenvalue weighted by Gasteiger charge is 2.47. The van der Waals surface area contributed by atoms with Crippen molar-refractivity contribution in [2.45, 2.75) is 95.8 Å². The number of methoxy groups -OCH3 is 2. The SMILES string of the molecule is COC(=O)C(C(SC(OC)c1ccccc1)c1ccc(OC(=O)OC(C)(C)C)cc1)N(C(=O)OC(C)(C)C)C(=O)OC(C)(C)C. The number of hydrogen-bond acceptors (Lipinski definition) is 11. The maximum absolute atomic E-state index is 13.7. The van der Waals surface area contributed by atoms with E-state index in [4.69, 9.17) is 28.4 Å². The van der Waals surface area contributed by atoms with Gasteiger partial charge in [-0.3, -0.25) is 0 Å². The van der Waals surface area contributed by atoms with Crippen molar-refractivity contribution in [3.8, 4) is 5.75 Å². The van der Waals surface area contributed by atoms with Gasteiger partial charge in [0.2, 0.25) is 0 Å². The summed E-state index contributed by atoms with van der Waals surface area (Å²) in [6, 6.07) is 13.9. The molecule has 0 saturated heterocycles. The Morgan fingerprint density at radius 1 is 0.667 bits per heavy atom. The average molecular weight is 648 g/mol. The Balaban J connectivity index is 2.72. The number of nitrogens with zero attached hydrogens (tertiary/aromatic N) is 1. The smallest absolute Gasteiger partial charge is 0.467 e. The number of esters is 1. The predicted molar refractivity (Wildman–Crippen MR) is 170 cm³/mol. The van der Waals surface area contributed by atoms with E-state index >= 15 is 0 Å². The lowest BCUT2D eigenvalue weighted by molar-refractivity contribution is -0.146. The first kappa shape index (κ1) is 37.4. The molecule has 0 aliphatic carbocycles. The van der Waals surface area contributed by atoms with Crippen molar-refractivity contribution in [2.75, 3.05) is 14.2 Å². The van der Waals surface area contributed by atoms with Gasteiger partial charge in [0, 0.05) is 7.11 Å². The first-order valence-corrected chi connectivity index (χ1v) is 15.3. The number of benzene rings is 2. The molecule has 11 nitrogen and oxygen atoms in total. The minimum Gasteiger partial charge on any atom is -0.467 e. The molecule has 0 aromatic heterocycles. The highest BCUT2D eigenvalue weighted by atomic mass is 32.2. The second kappa shape index (κ2) is 15.5. The first-order chi connectivity index (χ1) is 20.7. The molecule has 2 aromatic rings. The number of ether oxygens (including phenoxy) is 6. The van der Waals surface area contributed by atoms with Gasteiger partial charge in [0.25, 0.3) is 0 Å². The van der Waals surface area contributed by atoms with Crippen molar-refractivity contribution in [3.63, 3.8) is 0 Å². The normalized spacial score (nSPS) is 13.9. The number of amides is 2. The van der Waals surface area contributed by atoms with Crippen LogP contribution >= 0.6 is 11.8 Å². The zero-order chi connectivity index (χ0) is 34.2. The molecule has 0 aliphatic rings. The van der Waals surface area contributed by atoms with Crippen molar-refractivity contribution in [3.05, 3.63) is 65.7 Å². The van der Waals surface area contributed by atoms with E-state index < -0.39 is 57.8 Å². The van der Waals surface area contributed by atoms with Crippen molar-refractivity contribution in [1.82, 2.24) is 4.90 Å². The van der Waals surface area contributed by atoms with Gasteiger partial charge in [-0.25, -0.2) is 19.2 Å². The lowest BCUT2D eigenvalue weighted by Crippen LogP contribution is -2.54. The van der Waals surface area contributed by atoms with Crippen LogP contribution in [0.3, 0.4) is 0 Å². The van der Waals surface area contributed by atoms with E-state index in [1.807, 2.05) is 30.3 Å². The molecule has 0 spiro atoms. The van der Waals surface area contributed by atoms with E-state index in [9.17, 15) is 19.2 Å². The zero-order valence-corrected chi connectivity index (χ0v) is 28.7. The summed E-state index contributed by atoms with van der Waals surface area (Å²) in [5.41, 5.74) is -2.20. The molecule has 2 aromatic carbocycles. The Kier molecular flexibility index (Phi) is 12.9. The monoisotopic (exact) mass is 647 g/mol. The lowest BCUT2D eigenvalue weighted by atomic mass is 10.0. The molecule has 0 bridgehead atoms. The van der Waals surface area contributed by atoms with Crippen molar-refractivity contribution in [2.24, 2.45) is 0 Å². The summed E-state index contributed by atoms with van der Waals surface area (Å²) >= 11 is 1.16. The summed E-state index contributed by atoms with van der Waals surface area (Å²) in [7, 11) is 2.66. The maximum Gasteiger partial charge on any atom is 0.514 e. The molecule has 0 heterocycles. The van der Waals surface area contributed by atoms with Gasteiger partial charge < -0.3 is 28.4 Å². The summed E-state index contributed by atoms with van der Waals surface area (Å²) in [6.07, 6.45) is -3.09. The van der Waals surface area contributed by atoms with E-state index in [1.54, 1.807) is 74.4 Å². The summed E-state index contributed by atoms with van der Waals surface area (Å²) in [6.45, 7) is 15.0. The van der Waals surface area contributed by atoms with E-state index in [-0.39, 0.29) is 5.75 Å². The van der Waals surface area contributed by atoms with Gasteiger partial charge in [-0.2, -0.15) is 4.90 Å². The lowest BCUT2D eigenvalue weighted by Gasteiger charge is -2.36. The van der Waals surface area contributed by atoms with Gasteiger partial charge in [0.05, 0.1) is 12.4 Å². The van der Waals surface area contributed by atoms with E-state index in [2.05, 4.69) is 0 Å². The quantitative estimate of drug-likeness (QED) is 0.114. The van der Waals surface area contributed by atoms with E-state index in [0.717, 1.165) is 24.4 Å². The van der Waals surface area contributed by atoms with Crippen LogP contribution in [0.1, 0.15) is 84.1 Å². The topological polar surface area (TPSA) is 127 Å². The van der Waals surface area contributed by atoms with E-state index in [1.165, 1.54) is 19.2 Å². The minimum atomic E-state index is -1.58. The van der Waals surface area contributed by atoms with Crippen molar-refractivity contribution in [1.29, 1.82) is 0 Å². The van der Waals surface area contributed by atoms with Crippen LogP contribution in [-0.4, -0.2) is 66.3 Å². The molecule has 2 rings (SSSR count). The van der Waals surface area contributed by atoms with Gasteiger partial charge in [-0.15, -0.1) is 11.8 Å². The molecular weight excluding hydrogens is 602 g/mol. The number of hydrogen-bond donors (Lipinski definition) is 0. The molecule has 12 heteroatoms. The number of thioether (sulfide) groups is 1. The van der Waals surface area contributed by atoms with Gasteiger partial charge in [0.1, 0.15) is 28.0 Å². The third-order valence-corrected chi connectivity index (χ3v) is 7.08. The molecule has 0 N–H and O–H groups in total. The second-order valence-electron chi connectivity index (χ2n) is 13.0. The van der Waals surface area contributed by atoms with Gasteiger partial charge in [0.15, 0.2) is 6.04 Å². The molecule has 3 unspecified atom stereocenters. The highest BCUT2D eigenvalue weighted by Crippen LogP contribution is 2.45. The van der Waals surface area contributed by atoms with Crippen LogP contribution in [0.15, 0.2) is 54.6 Å². The Hall–Kier alpha value is -3.77. The van der Waals surface area contributed by atoms with Crippen LogP contribution in [0.2, 0.25) is 0 Å². The molecule has 0 radical (unpaired) electrons. The standard InChI is InChI=1S/C33H45NO10S/c1-31(2,3)42-28(36)34(29(37)43-32(4,5)6)24(26(35)39-10)25(45-27(40-11)22-15-13-12-14-16-22)21-17-19-23(20-18-21)41-30(38)44-33(7,8)9/h12-20,24-25,27H,1-11H3. The second-order valence-corrected chi connectivity index (χ2v) is 14.2. The fourth-order valence-electron chi connectivity index (χ4n) is 3.85. The van der Waals surface area contributed by atoms with Crippen LogP contribution in [0.25, 0.3) is 0 Å². The number of carbonyl (C=O) groups excluding carboxylic acids is 4. The minimum absolute atomic E-state index is 0.175. The summed E-state index contributed by atoms with van der Waals surface area (Å²) in [4.78, 5) is 53.9. The molecule has 3 atom stereocenters. The van der Waals surface area contributed by atoms with Crippen LogP contribution in [-0.2, 0) is 28.5 Å². The van der Waals surface area contributed by atoms with E-state index in [0.29, 0.717) is 10.5 Å². The first-order valence-electron chi connectivity index (χ1n) is 14.3. The molecular formula is C33H45NO10S. The summed E-state index contributed by atoms with van der Waals surface area (Å²) in [5.74, 6) is -0.727. The van der Waals surface area contributed by atoms with Crippen molar-refractivity contribution >= 4 is 36.1 Å². The molecule has 45 heavy (non-hydrogen) atoms. The zero-order valence-electron chi connectivity index (χ0n) is 27.9. The fraction of sp³-hybridized carbons (Fsp3) is 0.515. The third-order valence-electron chi connectivity index (χ3n) is 5.54. The maximum atomic E-state index is 13.7. The third kappa shape index (κ3) is 12.3. The highest BCUT2D eigenvalue weighted by molar-refractivity contribution is 7.99. The molecule has 248 valence electrons. The molecule has 0 fully saturated rings. The van der Waals surface area contributed by atoms with Gasteiger partial charge in [-0.05, 0) is 85.6 Å². The number of imide groups is 1. The molecule has 0 aliphatic heterocycles. The number of rotatable bonds is 9. The van der Waals surface area contributed by atoms with Crippen LogP contribution in [0, 0.1) is 0 Å². The summed E-state index contributed by atoms with van der Waals surface area (Å²) < 4.78 is 32.7. The summed E-state index contributed by atoms with van der Waals surface area (Å²) in [5, 5.41) is -0.988. The predicted octanol–water partition coefficient (Wildman–Crippen LogP) is 7.83. The number of carbonyl (C=O) groups is 4. The Labute approximate surface area is 269 Å². The largest absolute Gasteiger partial charge is 0.514 e. The van der Waals surface area contributed by atoms with Gasteiger partial charge in [-0.1, -0.05) is 42.5 Å². The van der Waals surface area contributed by atoms with Crippen LogP contribution in [0.4, 0.5) is 14.4 Å². The van der Waals surface area contributed by atoms with Gasteiger partial charge >= 0.3 is 24.3 Å². The van der Waals surface area contributed by atoms with Crippen molar-refractivity contribution < 1.29 is 47.6 Å². The molecule has 0 saturated carbocycles. The van der Waals surface area contributed by atoms with Crippen LogP contribution in [0.5, 0.6) is 5.75 Å². The average Bonchev–Trinajstić information content (AvgIpc) is 2.90. The Bertz CT molecular complexity index is 1270. The Morgan fingerprint density at radius 2 is 1.16 bits per heavy atom. The molecule has 2 amide bonds.